The molecule has 1 saturated heterocycles. The van der Waals surface area contributed by atoms with E-state index in [0.29, 0.717) is 25.0 Å². The van der Waals surface area contributed by atoms with Gasteiger partial charge in [0.15, 0.2) is 0 Å². The van der Waals surface area contributed by atoms with Gasteiger partial charge in [-0.3, -0.25) is 4.79 Å². The summed E-state index contributed by atoms with van der Waals surface area (Å²) in [6.07, 6.45) is 1.30. The lowest BCUT2D eigenvalue weighted by Crippen LogP contribution is -2.40. The second-order valence-electron chi connectivity index (χ2n) is 6.43. The lowest BCUT2D eigenvalue weighted by molar-refractivity contribution is -0.140. The molecule has 23 heavy (non-hydrogen) atoms. The van der Waals surface area contributed by atoms with Crippen molar-refractivity contribution in [3.63, 3.8) is 0 Å². The normalized spacial score (nSPS) is 22.7. The van der Waals surface area contributed by atoms with Gasteiger partial charge in [0, 0.05) is 17.4 Å². The molecular formula is C16H20FN3O3. The molecule has 1 fully saturated rings. The molecule has 0 saturated carbocycles. The Balaban J connectivity index is 2.43. The molecule has 1 aromatic carbocycles. The van der Waals surface area contributed by atoms with Crippen LogP contribution in [0.1, 0.15) is 38.2 Å². The number of halogens is 1. The first-order valence-corrected chi connectivity index (χ1v) is 7.50. The molecule has 1 heterocycles. The Morgan fingerprint density at radius 2 is 2.13 bits per heavy atom. The van der Waals surface area contributed by atoms with Gasteiger partial charge >= 0.3 is 5.97 Å². The highest BCUT2D eigenvalue weighted by atomic mass is 19.1. The highest BCUT2D eigenvalue weighted by molar-refractivity contribution is 5.75. The largest absolute Gasteiger partial charge is 0.481 e. The van der Waals surface area contributed by atoms with Gasteiger partial charge in [0.2, 0.25) is 0 Å². The number of rotatable bonds is 5. The number of hydrogen-bond donors (Lipinski definition) is 1. The Morgan fingerprint density at radius 1 is 1.48 bits per heavy atom. The van der Waals surface area contributed by atoms with Gasteiger partial charge in [0.25, 0.3) is 0 Å². The molecule has 3 atom stereocenters. The molecule has 7 heteroatoms. The molecule has 6 nitrogen and oxygen atoms in total. The summed E-state index contributed by atoms with van der Waals surface area (Å²) in [5, 5.41) is 13.0. The average Bonchev–Trinajstić information content (AvgIpc) is 2.47. The van der Waals surface area contributed by atoms with Crippen LogP contribution in [0, 0.1) is 11.7 Å². The lowest BCUT2D eigenvalue weighted by atomic mass is 9.73. The smallest absolute Gasteiger partial charge is 0.313 e. The van der Waals surface area contributed by atoms with Gasteiger partial charge < -0.3 is 9.84 Å². The summed E-state index contributed by atoms with van der Waals surface area (Å²) in [6.45, 7) is 4.41. The second-order valence-corrected chi connectivity index (χ2v) is 6.43. The van der Waals surface area contributed by atoms with Gasteiger partial charge in [-0.15, -0.1) is 0 Å². The molecule has 0 radical (unpaired) electrons. The van der Waals surface area contributed by atoms with Crippen molar-refractivity contribution in [2.24, 2.45) is 11.0 Å². The van der Waals surface area contributed by atoms with Crippen LogP contribution in [0.2, 0.25) is 0 Å². The molecule has 0 aliphatic carbocycles. The van der Waals surface area contributed by atoms with E-state index in [1.54, 1.807) is 12.1 Å². The van der Waals surface area contributed by atoms with Crippen molar-refractivity contribution in [1.29, 1.82) is 0 Å². The van der Waals surface area contributed by atoms with Crippen LogP contribution in [-0.4, -0.2) is 29.3 Å². The van der Waals surface area contributed by atoms with E-state index in [0.717, 1.165) is 0 Å². The zero-order valence-corrected chi connectivity index (χ0v) is 13.1. The van der Waals surface area contributed by atoms with Crippen LogP contribution in [0.25, 0.3) is 10.4 Å². The van der Waals surface area contributed by atoms with Crippen LogP contribution in [0.4, 0.5) is 4.39 Å². The summed E-state index contributed by atoms with van der Waals surface area (Å²) in [7, 11) is 0. The molecule has 2 rings (SSSR count). The van der Waals surface area contributed by atoms with Crippen LogP contribution in [0.15, 0.2) is 29.4 Å². The molecule has 1 aromatic rings. The number of benzene rings is 1. The minimum atomic E-state index is -1.23. The number of carboxylic acids is 1. The fourth-order valence-electron chi connectivity index (χ4n) is 3.31. The van der Waals surface area contributed by atoms with Crippen LogP contribution in [0.3, 0.4) is 0 Å². The van der Waals surface area contributed by atoms with E-state index in [9.17, 15) is 14.3 Å². The number of ether oxygens (including phenoxy) is 1. The summed E-state index contributed by atoms with van der Waals surface area (Å²) < 4.78 is 18.9. The Morgan fingerprint density at radius 3 is 2.65 bits per heavy atom. The van der Waals surface area contributed by atoms with Crippen molar-refractivity contribution in [1.82, 2.24) is 0 Å². The summed E-state index contributed by atoms with van der Waals surface area (Å²) in [6, 6.07) is 4.48. The number of aliphatic carboxylic acids is 1. The van der Waals surface area contributed by atoms with Crippen molar-refractivity contribution >= 4 is 5.97 Å². The van der Waals surface area contributed by atoms with E-state index in [1.165, 1.54) is 12.1 Å². The monoisotopic (exact) mass is 321 g/mol. The van der Waals surface area contributed by atoms with E-state index in [1.807, 2.05) is 13.8 Å². The average molecular weight is 321 g/mol. The van der Waals surface area contributed by atoms with Gasteiger partial charge in [-0.25, -0.2) is 4.39 Å². The predicted octanol–water partition coefficient (Wildman–Crippen LogP) is 3.88. The molecule has 0 spiro atoms. The maximum Gasteiger partial charge on any atom is 0.313 e. The number of azide groups is 1. The van der Waals surface area contributed by atoms with Gasteiger partial charge in [-0.05, 0) is 55.8 Å². The Bertz CT molecular complexity index is 610. The SMILES string of the molecule is CC1(C)C[C@@H]([C@H](c2ccc(F)cc2)[C@H](N=[N+]=[N-])C(=O)O)CCO1. The minimum absolute atomic E-state index is 0.0317. The fraction of sp³-hybridized carbons (Fsp3) is 0.562. The molecule has 0 unspecified atom stereocenters. The number of nitrogens with zero attached hydrogens (tertiary/aromatic N) is 3. The van der Waals surface area contributed by atoms with Gasteiger partial charge in [-0.1, -0.05) is 17.2 Å². The van der Waals surface area contributed by atoms with E-state index >= 15 is 0 Å². The van der Waals surface area contributed by atoms with Crippen molar-refractivity contribution in [2.75, 3.05) is 6.61 Å². The van der Waals surface area contributed by atoms with Crippen molar-refractivity contribution in [3.8, 4) is 0 Å². The maximum absolute atomic E-state index is 13.2. The highest BCUT2D eigenvalue weighted by Crippen LogP contribution is 2.41. The van der Waals surface area contributed by atoms with E-state index in [4.69, 9.17) is 10.3 Å². The van der Waals surface area contributed by atoms with Gasteiger partial charge in [0.1, 0.15) is 11.9 Å². The molecule has 0 amide bonds. The minimum Gasteiger partial charge on any atom is -0.481 e. The first kappa shape index (κ1) is 17.2. The quantitative estimate of drug-likeness (QED) is 0.506. The predicted molar refractivity (Wildman–Crippen MR) is 82.5 cm³/mol. The van der Waals surface area contributed by atoms with Crippen molar-refractivity contribution < 1.29 is 19.0 Å². The Hall–Kier alpha value is -2.11. The van der Waals surface area contributed by atoms with Crippen LogP contribution in [-0.2, 0) is 9.53 Å². The lowest BCUT2D eigenvalue weighted by Gasteiger charge is -2.40. The van der Waals surface area contributed by atoms with E-state index < -0.39 is 23.7 Å². The highest BCUT2D eigenvalue weighted by Gasteiger charge is 2.40. The number of hydrogen-bond acceptors (Lipinski definition) is 3. The molecule has 1 N–H and O–H groups in total. The maximum atomic E-state index is 13.2. The third-order valence-electron chi connectivity index (χ3n) is 4.27. The van der Waals surface area contributed by atoms with Crippen LogP contribution in [0.5, 0.6) is 0 Å². The van der Waals surface area contributed by atoms with Gasteiger partial charge in [-0.2, -0.15) is 0 Å². The van der Waals surface area contributed by atoms with Crippen LogP contribution < -0.4 is 0 Å². The number of carbonyl (C=O) groups is 1. The standard InChI is InChI=1S/C16H20FN3O3/c1-16(2)9-11(7-8-23-16)13(14(15(21)22)19-20-18)10-3-5-12(17)6-4-10/h3-6,11,13-14H,7-9H2,1-2H3,(H,21,22)/t11-,13-,14-/m0/s1. The molecule has 0 bridgehead atoms. The first-order chi connectivity index (χ1) is 10.8. The molecule has 124 valence electrons. The van der Waals surface area contributed by atoms with Gasteiger partial charge in [0.05, 0.1) is 5.60 Å². The Labute approximate surface area is 133 Å². The summed E-state index contributed by atoms with van der Waals surface area (Å²) >= 11 is 0. The first-order valence-electron chi connectivity index (χ1n) is 7.50. The fourth-order valence-corrected chi connectivity index (χ4v) is 3.31. The van der Waals surface area contributed by atoms with Crippen molar-refractivity contribution in [3.05, 3.63) is 46.1 Å². The van der Waals surface area contributed by atoms with E-state index in [-0.39, 0.29) is 11.5 Å². The van der Waals surface area contributed by atoms with Crippen LogP contribution >= 0.6 is 0 Å². The topological polar surface area (TPSA) is 95.3 Å². The molecule has 1 aliphatic heterocycles. The zero-order chi connectivity index (χ0) is 17.0. The number of carboxylic acid groups (broad SMARTS) is 1. The zero-order valence-electron chi connectivity index (χ0n) is 13.1. The second kappa shape index (κ2) is 6.98. The van der Waals surface area contributed by atoms with E-state index in [2.05, 4.69) is 10.0 Å². The summed E-state index contributed by atoms with van der Waals surface area (Å²) in [4.78, 5) is 14.3. The third-order valence-corrected chi connectivity index (χ3v) is 4.27. The molecule has 1 aliphatic rings. The molecular weight excluding hydrogens is 301 g/mol. The molecule has 0 aromatic heterocycles. The summed E-state index contributed by atoms with van der Waals surface area (Å²) in [5.74, 6) is -2.13. The Kier molecular flexibility index (Phi) is 5.23. The van der Waals surface area contributed by atoms with Crippen molar-refractivity contribution in [2.45, 2.75) is 44.2 Å². The third kappa shape index (κ3) is 4.21. The summed E-state index contributed by atoms with van der Waals surface area (Å²) in [5.41, 5.74) is 9.02.